The van der Waals surface area contributed by atoms with Gasteiger partial charge in [0.1, 0.15) is 24.6 Å². The molecule has 0 radical (unpaired) electrons. The Morgan fingerprint density at radius 1 is 1.14 bits per heavy atom. The molecule has 2 unspecified atom stereocenters. The number of carbonyl (C=O) groups is 3. The highest BCUT2D eigenvalue weighted by Crippen LogP contribution is 2.26. The van der Waals surface area contributed by atoms with Gasteiger partial charge in [0.05, 0.1) is 6.04 Å². The number of ether oxygens (including phenoxy) is 4. The molecule has 1 aliphatic heterocycles. The Kier molecular flexibility index (Phi) is 7.32. The average molecular weight is 396 g/mol. The van der Waals surface area contributed by atoms with Gasteiger partial charge in [0.15, 0.2) is 6.10 Å². The third-order valence-corrected chi connectivity index (χ3v) is 3.90. The lowest BCUT2D eigenvalue weighted by Gasteiger charge is -2.42. The van der Waals surface area contributed by atoms with Gasteiger partial charge in [0.2, 0.25) is 12.2 Å². The van der Waals surface area contributed by atoms with Gasteiger partial charge in [-0.3, -0.25) is 14.4 Å². The van der Waals surface area contributed by atoms with Crippen LogP contribution in [0.3, 0.4) is 0 Å². The van der Waals surface area contributed by atoms with Gasteiger partial charge >= 0.3 is 11.9 Å². The number of aliphatic hydroxyl groups is 1. The number of anilines is 1. The number of aliphatic hydroxyl groups excluding tert-OH is 1. The normalized spacial score (nSPS) is 26.8. The van der Waals surface area contributed by atoms with E-state index in [1.807, 2.05) is 0 Å². The zero-order valence-corrected chi connectivity index (χ0v) is 15.8. The molecule has 1 amide bonds. The topological polar surface area (TPSA) is 146 Å². The van der Waals surface area contributed by atoms with Crippen molar-refractivity contribution >= 4 is 23.5 Å². The summed E-state index contributed by atoms with van der Waals surface area (Å²) < 4.78 is 21.4. The van der Waals surface area contributed by atoms with Crippen LogP contribution in [0.15, 0.2) is 24.3 Å². The predicted octanol–water partition coefficient (Wildman–Crippen LogP) is -0.0683. The van der Waals surface area contributed by atoms with Crippen molar-refractivity contribution in [1.82, 2.24) is 0 Å². The molecule has 5 atom stereocenters. The van der Waals surface area contributed by atoms with Crippen molar-refractivity contribution in [2.75, 3.05) is 11.9 Å². The minimum absolute atomic E-state index is 0.209. The second-order valence-corrected chi connectivity index (χ2v) is 6.31. The summed E-state index contributed by atoms with van der Waals surface area (Å²) in [5.74, 6) is -1.03. The summed E-state index contributed by atoms with van der Waals surface area (Å²) in [5.41, 5.74) is 6.57. The zero-order chi connectivity index (χ0) is 20.8. The van der Waals surface area contributed by atoms with Crippen molar-refractivity contribution in [2.45, 2.75) is 51.4 Å². The van der Waals surface area contributed by atoms with Crippen molar-refractivity contribution in [3.05, 3.63) is 24.3 Å². The molecule has 1 aromatic carbocycles. The van der Waals surface area contributed by atoms with Crippen LogP contribution in [-0.2, 0) is 28.6 Å². The molecule has 0 bridgehead atoms. The molecule has 0 aliphatic carbocycles. The van der Waals surface area contributed by atoms with E-state index in [2.05, 4.69) is 5.32 Å². The van der Waals surface area contributed by atoms with Crippen LogP contribution in [-0.4, -0.2) is 60.2 Å². The van der Waals surface area contributed by atoms with Gasteiger partial charge in [0, 0.05) is 26.5 Å². The number of nitrogens with one attached hydrogen (secondary N) is 1. The molecular weight excluding hydrogens is 372 g/mol. The summed E-state index contributed by atoms with van der Waals surface area (Å²) in [6.07, 6.45) is -4.48. The fourth-order valence-electron chi connectivity index (χ4n) is 2.67. The highest BCUT2D eigenvalue weighted by atomic mass is 16.7. The summed E-state index contributed by atoms with van der Waals surface area (Å²) in [5, 5.41) is 13.1. The van der Waals surface area contributed by atoms with Gasteiger partial charge in [-0.2, -0.15) is 0 Å². The molecule has 4 N–H and O–H groups in total. The maximum atomic E-state index is 11.3. The molecule has 1 aliphatic rings. The first-order valence-corrected chi connectivity index (χ1v) is 8.61. The zero-order valence-electron chi connectivity index (χ0n) is 15.8. The SMILES string of the molecule is CC(=O)Nc1ccc(O[C@H]2OC(COC(C)=O)[C@@H](OC(C)=O)C(O)[C@H]2N)cc1. The van der Waals surface area contributed by atoms with Gasteiger partial charge in [0.25, 0.3) is 0 Å². The molecule has 0 aromatic heterocycles. The molecule has 10 nitrogen and oxygen atoms in total. The number of benzene rings is 1. The molecule has 28 heavy (non-hydrogen) atoms. The maximum absolute atomic E-state index is 11.3. The highest BCUT2D eigenvalue weighted by Gasteiger charge is 2.47. The maximum Gasteiger partial charge on any atom is 0.303 e. The summed E-state index contributed by atoms with van der Waals surface area (Å²) in [6.45, 7) is 3.54. The second kappa shape index (κ2) is 9.49. The van der Waals surface area contributed by atoms with Crippen LogP contribution in [0, 0.1) is 0 Å². The van der Waals surface area contributed by atoms with Crippen molar-refractivity contribution in [3.63, 3.8) is 0 Å². The van der Waals surface area contributed by atoms with E-state index in [1.54, 1.807) is 24.3 Å². The Morgan fingerprint density at radius 3 is 2.32 bits per heavy atom. The van der Waals surface area contributed by atoms with Gasteiger partial charge < -0.3 is 35.1 Å². The monoisotopic (exact) mass is 396 g/mol. The van der Waals surface area contributed by atoms with E-state index < -0.39 is 42.6 Å². The largest absolute Gasteiger partial charge is 0.463 e. The van der Waals surface area contributed by atoms with E-state index in [0.717, 1.165) is 0 Å². The van der Waals surface area contributed by atoms with Gasteiger partial charge in [-0.15, -0.1) is 0 Å². The molecule has 10 heteroatoms. The Balaban J connectivity index is 2.11. The molecule has 154 valence electrons. The molecule has 1 saturated heterocycles. The standard InChI is InChI=1S/C18H24N2O8/c1-9(21)20-12-4-6-13(7-5-12)27-18-15(19)16(24)17(26-11(3)23)14(28-18)8-25-10(2)22/h4-7,14-18,24H,8,19H2,1-3H3,(H,20,21)/t14?,15-,16?,17-,18+/m1/s1. The van der Waals surface area contributed by atoms with Gasteiger partial charge in [-0.1, -0.05) is 0 Å². The number of esters is 2. The Labute approximate surface area is 161 Å². The van der Waals surface area contributed by atoms with Crippen molar-refractivity contribution in [3.8, 4) is 5.75 Å². The van der Waals surface area contributed by atoms with Crippen LogP contribution < -0.4 is 15.8 Å². The number of rotatable bonds is 6. The molecule has 0 saturated carbocycles. The highest BCUT2D eigenvalue weighted by molar-refractivity contribution is 5.88. The van der Waals surface area contributed by atoms with Crippen LogP contribution >= 0.6 is 0 Å². The lowest BCUT2D eigenvalue weighted by atomic mass is 9.97. The molecule has 1 aromatic rings. The van der Waals surface area contributed by atoms with Gasteiger partial charge in [-0.25, -0.2) is 0 Å². The Bertz CT molecular complexity index is 708. The molecule has 1 heterocycles. The first kappa shape index (κ1) is 21.6. The number of carbonyl (C=O) groups excluding carboxylic acids is 3. The first-order valence-electron chi connectivity index (χ1n) is 8.61. The average Bonchev–Trinajstić information content (AvgIpc) is 2.61. The minimum atomic E-state index is -1.30. The first-order chi connectivity index (χ1) is 13.2. The fraction of sp³-hybridized carbons (Fsp3) is 0.500. The van der Waals surface area contributed by atoms with E-state index in [9.17, 15) is 19.5 Å². The number of nitrogens with two attached hydrogens (primary N) is 1. The van der Waals surface area contributed by atoms with E-state index in [4.69, 9.17) is 24.7 Å². The Hall–Kier alpha value is -2.69. The van der Waals surface area contributed by atoms with Crippen molar-refractivity contribution in [1.29, 1.82) is 0 Å². The number of hydrogen-bond acceptors (Lipinski definition) is 9. The van der Waals surface area contributed by atoms with Gasteiger partial charge in [-0.05, 0) is 24.3 Å². The van der Waals surface area contributed by atoms with E-state index in [1.165, 1.54) is 20.8 Å². The predicted molar refractivity (Wildman–Crippen MR) is 96.2 cm³/mol. The van der Waals surface area contributed by atoms with E-state index in [-0.39, 0.29) is 12.5 Å². The van der Waals surface area contributed by atoms with E-state index in [0.29, 0.717) is 11.4 Å². The van der Waals surface area contributed by atoms with Crippen LogP contribution in [0.2, 0.25) is 0 Å². The van der Waals surface area contributed by atoms with Crippen molar-refractivity contribution < 1.29 is 38.4 Å². The van der Waals surface area contributed by atoms with Crippen molar-refractivity contribution in [2.24, 2.45) is 5.73 Å². The quantitative estimate of drug-likeness (QED) is 0.562. The second-order valence-electron chi connectivity index (χ2n) is 6.31. The summed E-state index contributed by atoms with van der Waals surface area (Å²) in [6, 6.07) is 5.40. The minimum Gasteiger partial charge on any atom is -0.463 e. The third-order valence-electron chi connectivity index (χ3n) is 3.90. The van der Waals surface area contributed by atoms with Crippen LogP contribution in [0.25, 0.3) is 0 Å². The molecule has 0 spiro atoms. The lowest BCUT2D eigenvalue weighted by Crippen LogP contribution is -2.64. The smallest absolute Gasteiger partial charge is 0.303 e. The van der Waals surface area contributed by atoms with Crippen LogP contribution in [0.4, 0.5) is 5.69 Å². The third kappa shape index (κ3) is 5.91. The van der Waals surface area contributed by atoms with Crippen LogP contribution in [0.5, 0.6) is 5.75 Å². The van der Waals surface area contributed by atoms with E-state index >= 15 is 0 Å². The number of hydrogen-bond donors (Lipinski definition) is 3. The molecule has 2 rings (SSSR count). The summed E-state index contributed by atoms with van der Waals surface area (Å²) >= 11 is 0. The summed E-state index contributed by atoms with van der Waals surface area (Å²) in [4.78, 5) is 33.5. The molecular formula is C18H24N2O8. The fourth-order valence-corrected chi connectivity index (χ4v) is 2.67. The Morgan fingerprint density at radius 2 is 1.79 bits per heavy atom. The molecule has 1 fully saturated rings. The number of amides is 1. The lowest BCUT2D eigenvalue weighted by molar-refractivity contribution is -0.248. The van der Waals surface area contributed by atoms with Crippen LogP contribution in [0.1, 0.15) is 20.8 Å². The summed E-state index contributed by atoms with van der Waals surface area (Å²) in [7, 11) is 0.